The third kappa shape index (κ3) is 3.20. The van der Waals surface area contributed by atoms with E-state index in [9.17, 15) is 0 Å². The molecule has 94 valence electrons. The molecular weight excluding hydrogens is 222 g/mol. The number of hydrogen-bond acceptors (Lipinski definition) is 2. The maximum absolute atomic E-state index is 4.04. The fourth-order valence-corrected chi connectivity index (χ4v) is 2.09. The van der Waals surface area contributed by atoms with Crippen LogP contribution < -0.4 is 5.32 Å². The summed E-state index contributed by atoms with van der Waals surface area (Å²) >= 11 is 0. The van der Waals surface area contributed by atoms with Crippen molar-refractivity contribution in [1.82, 2.24) is 14.9 Å². The van der Waals surface area contributed by atoms with Crippen molar-refractivity contribution in [3.63, 3.8) is 0 Å². The van der Waals surface area contributed by atoms with Crippen LogP contribution in [0.5, 0.6) is 0 Å². The van der Waals surface area contributed by atoms with Gasteiger partial charge in [0.2, 0.25) is 0 Å². The van der Waals surface area contributed by atoms with Crippen molar-refractivity contribution >= 4 is 0 Å². The molecule has 0 bridgehead atoms. The molecule has 3 rings (SSSR count). The molecular formula is C15H19N3. The van der Waals surface area contributed by atoms with Crippen LogP contribution in [-0.2, 0) is 19.5 Å². The van der Waals surface area contributed by atoms with Crippen LogP contribution in [0.4, 0.5) is 0 Å². The average Bonchev–Trinajstić information content (AvgIpc) is 3.14. The van der Waals surface area contributed by atoms with Crippen molar-refractivity contribution in [2.24, 2.45) is 0 Å². The standard InChI is InChI=1S/C15H19N3/c1-2-15(1)17-11-14-6-10-18(12-14)9-5-13-3-7-16-8-4-13/h3-4,6-8,10,12,15,17H,1-2,5,9,11H2. The van der Waals surface area contributed by atoms with Crippen LogP contribution in [0.2, 0.25) is 0 Å². The molecule has 2 aromatic rings. The van der Waals surface area contributed by atoms with E-state index in [0.717, 1.165) is 25.6 Å². The van der Waals surface area contributed by atoms with Crippen LogP contribution in [0.15, 0.2) is 43.0 Å². The highest BCUT2D eigenvalue weighted by atomic mass is 15.0. The summed E-state index contributed by atoms with van der Waals surface area (Å²) in [6.45, 7) is 2.04. The van der Waals surface area contributed by atoms with E-state index in [4.69, 9.17) is 0 Å². The zero-order valence-electron chi connectivity index (χ0n) is 10.5. The topological polar surface area (TPSA) is 29.9 Å². The normalized spacial score (nSPS) is 14.9. The van der Waals surface area contributed by atoms with Gasteiger partial charge in [-0.25, -0.2) is 0 Å². The number of hydrogen-bond donors (Lipinski definition) is 1. The summed E-state index contributed by atoms with van der Waals surface area (Å²) in [5.74, 6) is 0. The molecule has 0 saturated heterocycles. The molecule has 18 heavy (non-hydrogen) atoms. The fraction of sp³-hybridized carbons (Fsp3) is 0.400. The van der Waals surface area contributed by atoms with Gasteiger partial charge in [-0.15, -0.1) is 0 Å². The molecule has 0 unspecified atom stereocenters. The number of pyridine rings is 1. The highest BCUT2D eigenvalue weighted by Crippen LogP contribution is 2.19. The number of rotatable bonds is 6. The van der Waals surface area contributed by atoms with Crippen molar-refractivity contribution in [1.29, 1.82) is 0 Å². The van der Waals surface area contributed by atoms with Crippen LogP contribution in [0.1, 0.15) is 24.0 Å². The smallest absolute Gasteiger partial charge is 0.0270 e. The zero-order chi connectivity index (χ0) is 12.2. The Morgan fingerprint density at radius 3 is 2.78 bits per heavy atom. The molecule has 1 aliphatic carbocycles. The Morgan fingerprint density at radius 1 is 1.17 bits per heavy atom. The molecule has 3 nitrogen and oxygen atoms in total. The quantitative estimate of drug-likeness (QED) is 0.841. The molecule has 2 heterocycles. The van der Waals surface area contributed by atoms with Crippen molar-refractivity contribution < 1.29 is 0 Å². The summed E-state index contributed by atoms with van der Waals surface area (Å²) in [7, 11) is 0. The lowest BCUT2D eigenvalue weighted by molar-refractivity contribution is 0.673. The van der Waals surface area contributed by atoms with E-state index in [-0.39, 0.29) is 0 Å². The van der Waals surface area contributed by atoms with Crippen molar-refractivity contribution in [2.45, 2.75) is 38.4 Å². The molecule has 0 amide bonds. The summed E-state index contributed by atoms with van der Waals surface area (Å²) < 4.78 is 2.27. The van der Waals surface area contributed by atoms with Crippen molar-refractivity contribution in [3.05, 3.63) is 54.1 Å². The zero-order valence-corrected chi connectivity index (χ0v) is 10.5. The summed E-state index contributed by atoms with van der Waals surface area (Å²) in [6.07, 6.45) is 11.9. The Bertz CT molecular complexity index is 485. The van der Waals surface area contributed by atoms with Gasteiger partial charge in [0.1, 0.15) is 0 Å². The second-order valence-electron chi connectivity index (χ2n) is 5.02. The molecule has 0 radical (unpaired) electrons. The van der Waals surface area contributed by atoms with Crippen molar-refractivity contribution in [3.8, 4) is 0 Å². The summed E-state index contributed by atoms with van der Waals surface area (Å²) in [4.78, 5) is 4.04. The summed E-state index contributed by atoms with van der Waals surface area (Å²) in [5, 5.41) is 3.54. The van der Waals surface area contributed by atoms with Gasteiger partial charge in [0.25, 0.3) is 0 Å². The van der Waals surface area contributed by atoms with Gasteiger partial charge < -0.3 is 9.88 Å². The predicted octanol–water partition coefficient (Wildman–Crippen LogP) is 2.38. The van der Waals surface area contributed by atoms with Crippen LogP contribution in [0, 0.1) is 0 Å². The predicted molar refractivity (Wildman–Crippen MR) is 72.2 cm³/mol. The van der Waals surface area contributed by atoms with E-state index in [2.05, 4.69) is 45.5 Å². The Morgan fingerprint density at radius 2 is 2.00 bits per heavy atom. The minimum Gasteiger partial charge on any atom is -0.354 e. The molecule has 1 fully saturated rings. The first kappa shape index (κ1) is 11.5. The van der Waals surface area contributed by atoms with Crippen LogP contribution in [-0.4, -0.2) is 15.6 Å². The van der Waals surface area contributed by atoms with Gasteiger partial charge in [-0.05, 0) is 48.6 Å². The minimum atomic E-state index is 0.783. The number of aromatic nitrogens is 2. The molecule has 0 aliphatic heterocycles. The second-order valence-corrected chi connectivity index (χ2v) is 5.02. The first-order chi connectivity index (χ1) is 8.90. The van der Waals surface area contributed by atoms with Gasteiger partial charge >= 0.3 is 0 Å². The molecule has 0 spiro atoms. The van der Waals surface area contributed by atoms with Gasteiger partial charge in [-0.3, -0.25) is 4.98 Å². The molecule has 3 heteroatoms. The largest absolute Gasteiger partial charge is 0.354 e. The van der Waals surface area contributed by atoms with E-state index in [0.29, 0.717) is 0 Å². The van der Waals surface area contributed by atoms with E-state index < -0.39 is 0 Å². The van der Waals surface area contributed by atoms with Gasteiger partial charge in [0.05, 0.1) is 0 Å². The van der Waals surface area contributed by atoms with Gasteiger partial charge in [-0.2, -0.15) is 0 Å². The fourth-order valence-electron chi connectivity index (χ4n) is 2.09. The number of nitrogens with one attached hydrogen (secondary N) is 1. The molecule has 1 N–H and O–H groups in total. The number of nitrogens with zero attached hydrogens (tertiary/aromatic N) is 2. The Balaban J connectivity index is 1.50. The first-order valence-corrected chi connectivity index (χ1v) is 6.67. The first-order valence-electron chi connectivity index (χ1n) is 6.67. The van der Waals surface area contributed by atoms with Crippen LogP contribution in [0.3, 0.4) is 0 Å². The van der Waals surface area contributed by atoms with Crippen molar-refractivity contribution in [2.75, 3.05) is 0 Å². The lowest BCUT2D eigenvalue weighted by atomic mass is 10.2. The van der Waals surface area contributed by atoms with Gasteiger partial charge in [0.15, 0.2) is 0 Å². The average molecular weight is 241 g/mol. The highest BCUT2D eigenvalue weighted by Gasteiger charge is 2.19. The Kier molecular flexibility index (Phi) is 3.42. The SMILES string of the molecule is c1cc(CCn2ccc(CNC3CC3)c2)ccn1. The third-order valence-electron chi connectivity index (χ3n) is 3.39. The maximum Gasteiger partial charge on any atom is 0.0270 e. The second kappa shape index (κ2) is 5.36. The highest BCUT2D eigenvalue weighted by molar-refractivity contribution is 5.12. The van der Waals surface area contributed by atoms with E-state index >= 15 is 0 Å². The van der Waals surface area contributed by atoms with Crippen LogP contribution >= 0.6 is 0 Å². The molecule has 2 aromatic heterocycles. The van der Waals surface area contributed by atoms with Gasteiger partial charge in [-0.1, -0.05) is 0 Å². The summed E-state index contributed by atoms with van der Waals surface area (Å²) in [6, 6.07) is 7.16. The maximum atomic E-state index is 4.04. The number of aryl methyl sites for hydroxylation is 2. The third-order valence-corrected chi connectivity index (χ3v) is 3.39. The minimum absolute atomic E-state index is 0.783. The van der Waals surface area contributed by atoms with Gasteiger partial charge in [0, 0.05) is 43.9 Å². The lowest BCUT2D eigenvalue weighted by Crippen LogP contribution is -2.14. The van der Waals surface area contributed by atoms with E-state index in [1.165, 1.54) is 24.0 Å². The Hall–Kier alpha value is -1.61. The Labute approximate surface area is 108 Å². The van der Waals surface area contributed by atoms with E-state index in [1.54, 1.807) is 0 Å². The molecule has 0 aromatic carbocycles. The monoisotopic (exact) mass is 241 g/mol. The van der Waals surface area contributed by atoms with Crippen LogP contribution in [0.25, 0.3) is 0 Å². The summed E-state index contributed by atoms with van der Waals surface area (Å²) in [5.41, 5.74) is 2.73. The molecule has 1 aliphatic rings. The van der Waals surface area contributed by atoms with E-state index in [1.807, 2.05) is 12.4 Å². The molecule has 0 atom stereocenters. The lowest BCUT2D eigenvalue weighted by Gasteiger charge is -2.03. The molecule has 1 saturated carbocycles.